The lowest BCUT2D eigenvalue weighted by molar-refractivity contribution is 0.408. The number of halogens is 2. The number of nitrogens with two attached hydrogens (primary N) is 1. The third-order valence-electron chi connectivity index (χ3n) is 5.85. The first-order chi connectivity index (χ1) is 9.08. The summed E-state index contributed by atoms with van der Waals surface area (Å²) in [5.41, 5.74) is 7.30. The van der Waals surface area contributed by atoms with Crippen LogP contribution in [0.1, 0.15) is 36.4 Å². The van der Waals surface area contributed by atoms with E-state index in [2.05, 4.69) is 0 Å². The van der Waals surface area contributed by atoms with Crippen molar-refractivity contribution >= 4 is 0 Å². The molecule has 1 aromatic carbocycles. The molecule has 0 heterocycles. The van der Waals surface area contributed by atoms with Crippen LogP contribution in [-0.2, 0) is 0 Å². The van der Waals surface area contributed by atoms with Gasteiger partial charge in [-0.3, -0.25) is 0 Å². The summed E-state index contributed by atoms with van der Waals surface area (Å²) in [6.07, 6.45) is 4.03. The van der Waals surface area contributed by atoms with E-state index in [1.807, 2.05) is 0 Å². The molecule has 5 unspecified atom stereocenters. The summed E-state index contributed by atoms with van der Waals surface area (Å²) in [7, 11) is 0. The Kier molecular flexibility index (Phi) is 2.36. The molecular formula is C16H19F2N. The van der Waals surface area contributed by atoms with Crippen LogP contribution in [0.25, 0.3) is 0 Å². The van der Waals surface area contributed by atoms with Gasteiger partial charge in [0.1, 0.15) is 11.6 Å². The number of rotatable bonds is 2. The van der Waals surface area contributed by atoms with Crippen LogP contribution < -0.4 is 5.73 Å². The summed E-state index contributed by atoms with van der Waals surface area (Å²) < 4.78 is 27.3. The molecule has 0 amide bonds. The Morgan fingerprint density at radius 3 is 2.37 bits per heavy atom. The molecule has 3 fully saturated rings. The zero-order valence-corrected chi connectivity index (χ0v) is 11.1. The summed E-state index contributed by atoms with van der Waals surface area (Å²) in [6, 6.07) is 2.33. The highest BCUT2D eigenvalue weighted by Gasteiger charge is 2.66. The van der Waals surface area contributed by atoms with Crippen molar-refractivity contribution in [2.75, 3.05) is 0 Å². The Balaban J connectivity index is 1.62. The Bertz CT molecular complexity index is 526. The van der Waals surface area contributed by atoms with E-state index in [0.29, 0.717) is 17.0 Å². The standard InChI is InChI=1S/C16H19F2N/c1-7-4-10(12(18)6-11(7)17)16(19)15-13-8-2-3-9(5-8)14(13)15/h4,6,8-9,13-16H,2-3,5,19H2,1H3. The fourth-order valence-corrected chi connectivity index (χ4v) is 5.02. The fraction of sp³-hybridized carbons (Fsp3) is 0.625. The number of aryl methyl sites for hydroxylation is 1. The largest absolute Gasteiger partial charge is 0.324 e. The number of hydrogen-bond acceptors (Lipinski definition) is 1. The van der Waals surface area contributed by atoms with Crippen molar-refractivity contribution in [3.63, 3.8) is 0 Å². The Labute approximate surface area is 112 Å². The molecule has 102 valence electrons. The number of benzene rings is 1. The van der Waals surface area contributed by atoms with E-state index in [4.69, 9.17) is 5.73 Å². The van der Waals surface area contributed by atoms with E-state index < -0.39 is 11.6 Å². The Morgan fingerprint density at radius 2 is 1.74 bits per heavy atom. The van der Waals surface area contributed by atoms with Crippen molar-refractivity contribution in [3.05, 3.63) is 34.9 Å². The first-order valence-electron chi connectivity index (χ1n) is 7.29. The van der Waals surface area contributed by atoms with Crippen LogP contribution in [0.4, 0.5) is 8.78 Å². The van der Waals surface area contributed by atoms with Crippen molar-refractivity contribution in [3.8, 4) is 0 Å². The van der Waals surface area contributed by atoms with E-state index in [1.165, 1.54) is 19.3 Å². The van der Waals surface area contributed by atoms with Gasteiger partial charge in [0.25, 0.3) is 0 Å². The summed E-state index contributed by atoms with van der Waals surface area (Å²) in [4.78, 5) is 0. The van der Waals surface area contributed by atoms with Gasteiger partial charge in [0, 0.05) is 17.7 Å². The van der Waals surface area contributed by atoms with Gasteiger partial charge in [-0.2, -0.15) is 0 Å². The molecule has 0 aromatic heterocycles. The van der Waals surface area contributed by atoms with Crippen molar-refractivity contribution in [2.24, 2.45) is 35.3 Å². The minimum Gasteiger partial charge on any atom is -0.324 e. The topological polar surface area (TPSA) is 26.0 Å². The van der Waals surface area contributed by atoms with Gasteiger partial charge in [-0.05, 0) is 67.4 Å². The monoisotopic (exact) mass is 263 g/mol. The van der Waals surface area contributed by atoms with Crippen LogP contribution in [0.5, 0.6) is 0 Å². The molecule has 3 heteroatoms. The lowest BCUT2D eigenvalue weighted by atomic mass is 9.92. The maximum Gasteiger partial charge on any atom is 0.130 e. The van der Waals surface area contributed by atoms with Crippen LogP contribution >= 0.6 is 0 Å². The molecule has 3 saturated carbocycles. The first-order valence-corrected chi connectivity index (χ1v) is 7.29. The smallest absolute Gasteiger partial charge is 0.130 e. The number of fused-ring (bicyclic) bond motifs is 5. The van der Waals surface area contributed by atoms with Crippen molar-refractivity contribution in [1.29, 1.82) is 0 Å². The molecule has 3 aliphatic rings. The van der Waals surface area contributed by atoms with E-state index >= 15 is 0 Å². The van der Waals surface area contributed by atoms with E-state index in [0.717, 1.165) is 29.7 Å². The summed E-state index contributed by atoms with van der Waals surface area (Å²) in [6.45, 7) is 1.67. The second-order valence-electron chi connectivity index (χ2n) is 6.71. The zero-order chi connectivity index (χ0) is 13.3. The van der Waals surface area contributed by atoms with Crippen LogP contribution in [0.2, 0.25) is 0 Å². The van der Waals surface area contributed by atoms with Gasteiger partial charge < -0.3 is 5.73 Å². The van der Waals surface area contributed by atoms with Crippen molar-refractivity contribution in [2.45, 2.75) is 32.2 Å². The molecule has 19 heavy (non-hydrogen) atoms. The quantitative estimate of drug-likeness (QED) is 0.867. The minimum absolute atomic E-state index is 0.252. The highest BCUT2D eigenvalue weighted by molar-refractivity contribution is 5.31. The van der Waals surface area contributed by atoms with Crippen LogP contribution in [0.15, 0.2) is 12.1 Å². The van der Waals surface area contributed by atoms with E-state index in [1.54, 1.807) is 13.0 Å². The van der Waals surface area contributed by atoms with Crippen molar-refractivity contribution in [1.82, 2.24) is 0 Å². The average Bonchev–Trinajstić information content (AvgIpc) is 2.81. The van der Waals surface area contributed by atoms with Gasteiger partial charge >= 0.3 is 0 Å². The second kappa shape index (κ2) is 3.78. The minimum atomic E-state index is -0.482. The molecule has 0 radical (unpaired) electrons. The third kappa shape index (κ3) is 1.54. The molecule has 4 rings (SSSR count). The number of hydrogen-bond donors (Lipinski definition) is 1. The predicted molar refractivity (Wildman–Crippen MR) is 69.3 cm³/mol. The highest BCUT2D eigenvalue weighted by Crippen LogP contribution is 2.71. The second-order valence-corrected chi connectivity index (χ2v) is 6.71. The van der Waals surface area contributed by atoms with Gasteiger partial charge in [0.15, 0.2) is 0 Å². The highest BCUT2D eigenvalue weighted by atomic mass is 19.1. The molecule has 0 aliphatic heterocycles. The normalized spacial score (nSPS) is 40.3. The SMILES string of the molecule is Cc1cc(C(N)C2C3C4CCC(C4)C32)c(F)cc1F. The molecule has 2 bridgehead atoms. The first kappa shape index (κ1) is 11.8. The van der Waals surface area contributed by atoms with Gasteiger partial charge in [0.2, 0.25) is 0 Å². The third-order valence-corrected chi connectivity index (χ3v) is 5.85. The lowest BCUT2D eigenvalue weighted by Gasteiger charge is -2.18. The fourth-order valence-electron chi connectivity index (χ4n) is 5.02. The van der Waals surface area contributed by atoms with Crippen LogP contribution in [-0.4, -0.2) is 0 Å². The Hall–Kier alpha value is -0.960. The molecular weight excluding hydrogens is 244 g/mol. The molecule has 0 spiro atoms. The zero-order valence-electron chi connectivity index (χ0n) is 11.1. The maximum atomic E-state index is 13.9. The molecule has 1 aromatic rings. The van der Waals surface area contributed by atoms with Crippen LogP contribution in [0, 0.1) is 48.1 Å². The van der Waals surface area contributed by atoms with E-state index in [9.17, 15) is 8.78 Å². The van der Waals surface area contributed by atoms with Gasteiger partial charge in [0.05, 0.1) is 0 Å². The summed E-state index contributed by atoms with van der Waals surface area (Å²) >= 11 is 0. The molecule has 3 aliphatic carbocycles. The molecule has 1 nitrogen and oxygen atoms in total. The average molecular weight is 263 g/mol. The van der Waals surface area contributed by atoms with Gasteiger partial charge in [-0.1, -0.05) is 0 Å². The van der Waals surface area contributed by atoms with Gasteiger partial charge in [-0.15, -0.1) is 0 Å². The Morgan fingerprint density at radius 1 is 1.11 bits per heavy atom. The van der Waals surface area contributed by atoms with E-state index in [-0.39, 0.29) is 6.04 Å². The van der Waals surface area contributed by atoms with Gasteiger partial charge in [-0.25, -0.2) is 8.78 Å². The summed E-state index contributed by atoms with van der Waals surface area (Å²) in [5.74, 6) is 2.58. The molecule has 2 N–H and O–H groups in total. The summed E-state index contributed by atoms with van der Waals surface area (Å²) in [5, 5.41) is 0. The lowest BCUT2D eigenvalue weighted by Crippen LogP contribution is -2.19. The predicted octanol–water partition coefficient (Wildman–Crippen LogP) is 3.57. The van der Waals surface area contributed by atoms with Crippen LogP contribution in [0.3, 0.4) is 0 Å². The molecule has 5 atom stereocenters. The van der Waals surface area contributed by atoms with Crippen molar-refractivity contribution < 1.29 is 8.78 Å². The molecule has 0 saturated heterocycles. The maximum absolute atomic E-state index is 13.9.